The van der Waals surface area contributed by atoms with Gasteiger partial charge in [0.1, 0.15) is 0 Å². The Hall–Kier alpha value is -0.210. The zero-order valence-corrected chi connectivity index (χ0v) is 13.7. The number of halogens is 3. The van der Waals surface area contributed by atoms with Crippen LogP contribution >= 0.6 is 56.8 Å². The summed E-state index contributed by atoms with van der Waals surface area (Å²) in [5.41, 5.74) is 8.60. The first-order chi connectivity index (χ1) is 8.06. The smallest absolute Gasteiger partial charge is 0.0618 e. The normalized spacial score (nSPS) is 10.3. The quantitative estimate of drug-likeness (QED) is 0.485. The van der Waals surface area contributed by atoms with E-state index in [1.54, 1.807) is 0 Å². The van der Waals surface area contributed by atoms with Gasteiger partial charge in [0.05, 0.1) is 17.1 Å². The van der Waals surface area contributed by atoms with Gasteiger partial charge in [-0.2, -0.15) is 0 Å². The fourth-order valence-corrected chi connectivity index (χ4v) is 2.90. The van der Waals surface area contributed by atoms with Crippen LogP contribution in [0.2, 0.25) is 5.02 Å². The summed E-state index contributed by atoms with van der Waals surface area (Å²) in [4.78, 5) is 0. The number of hydrogen-bond acceptors (Lipinski definition) is 2. The first-order valence-corrected chi connectivity index (χ1v) is 7.37. The van der Waals surface area contributed by atoms with Crippen molar-refractivity contribution in [1.29, 1.82) is 0 Å². The van der Waals surface area contributed by atoms with Crippen LogP contribution in [-0.2, 0) is 0 Å². The highest BCUT2D eigenvalue weighted by Gasteiger charge is 2.04. The average molecular weight is 470 g/mol. The lowest BCUT2D eigenvalue weighted by atomic mass is 10.2. The van der Waals surface area contributed by atoms with Crippen molar-refractivity contribution in [3.63, 3.8) is 0 Å². The maximum atomic E-state index is 5.95. The minimum Gasteiger partial charge on any atom is -0.397 e. The zero-order valence-electron chi connectivity index (χ0n) is 8.68. The molecule has 2 rings (SSSR count). The molecule has 2 aromatic rings. The van der Waals surface area contributed by atoms with Crippen LogP contribution in [0.5, 0.6) is 0 Å². The number of benzene rings is 2. The predicted octanol–water partition coefficient (Wildman–Crippen LogP) is 4.88. The molecule has 0 bridgehead atoms. The van der Waals surface area contributed by atoms with Crippen LogP contribution in [-0.4, -0.2) is 0 Å². The first kappa shape index (κ1) is 13.2. The number of rotatable bonds is 2. The summed E-state index contributed by atoms with van der Waals surface area (Å²) in [6.07, 6.45) is 0. The lowest BCUT2D eigenvalue weighted by Crippen LogP contribution is -1.98. The third-order valence-electron chi connectivity index (χ3n) is 2.21. The van der Waals surface area contributed by atoms with Crippen LogP contribution in [0.15, 0.2) is 36.4 Å². The number of nitrogens with two attached hydrogens (primary N) is 1. The molecule has 88 valence electrons. The third-order valence-corrected chi connectivity index (χ3v) is 4.01. The van der Waals surface area contributed by atoms with Gasteiger partial charge in [-0.25, -0.2) is 0 Å². The summed E-state index contributed by atoms with van der Waals surface area (Å²) in [5, 5.41) is 4.03. The van der Waals surface area contributed by atoms with E-state index in [1.807, 2.05) is 36.4 Å². The number of nitrogen functional groups attached to an aromatic ring is 1. The number of anilines is 3. The van der Waals surface area contributed by atoms with Crippen LogP contribution in [0.1, 0.15) is 0 Å². The van der Waals surface area contributed by atoms with E-state index in [9.17, 15) is 0 Å². The van der Waals surface area contributed by atoms with Gasteiger partial charge in [0.2, 0.25) is 0 Å². The molecule has 2 aromatic carbocycles. The summed E-state index contributed by atoms with van der Waals surface area (Å²) < 4.78 is 2.18. The third kappa shape index (κ3) is 3.38. The Kier molecular flexibility index (Phi) is 4.37. The van der Waals surface area contributed by atoms with E-state index in [1.165, 1.54) is 0 Å². The monoisotopic (exact) mass is 470 g/mol. The molecule has 0 unspecified atom stereocenters. The fourth-order valence-electron chi connectivity index (χ4n) is 1.38. The molecule has 3 N–H and O–H groups in total. The van der Waals surface area contributed by atoms with Crippen LogP contribution in [0.3, 0.4) is 0 Å². The molecule has 2 nitrogen and oxygen atoms in total. The van der Waals surface area contributed by atoms with E-state index in [0.717, 1.165) is 29.2 Å². The van der Waals surface area contributed by atoms with Gasteiger partial charge in [-0.1, -0.05) is 11.6 Å². The Bertz CT molecular complexity index is 509. The predicted molar refractivity (Wildman–Crippen MR) is 91.0 cm³/mol. The van der Waals surface area contributed by atoms with Crippen LogP contribution in [0, 0.1) is 7.14 Å². The molecular weight excluding hydrogens is 461 g/mol. The molecule has 5 heteroatoms. The fraction of sp³-hybridized carbons (Fsp3) is 0. The molecule has 0 aliphatic heterocycles. The van der Waals surface area contributed by atoms with Gasteiger partial charge >= 0.3 is 0 Å². The second-order valence-electron chi connectivity index (χ2n) is 3.48. The van der Waals surface area contributed by atoms with E-state index in [0.29, 0.717) is 0 Å². The zero-order chi connectivity index (χ0) is 12.4. The van der Waals surface area contributed by atoms with E-state index in [2.05, 4.69) is 50.5 Å². The first-order valence-electron chi connectivity index (χ1n) is 4.83. The van der Waals surface area contributed by atoms with E-state index in [-0.39, 0.29) is 0 Å². The molecule has 0 saturated heterocycles. The van der Waals surface area contributed by atoms with Crippen molar-refractivity contribution in [2.24, 2.45) is 0 Å². The molecule has 0 aliphatic rings. The summed E-state index contributed by atoms with van der Waals surface area (Å²) in [6, 6.07) is 11.6. The lowest BCUT2D eigenvalue weighted by molar-refractivity contribution is 1.51. The molecule has 0 aliphatic carbocycles. The van der Waals surface area contributed by atoms with E-state index in [4.69, 9.17) is 17.3 Å². The Balaban J connectivity index is 2.31. The second-order valence-corrected chi connectivity index (χ2v) is 6.32. The van der Waals surface area contributed by atoms with Crippen molar-refractivity contribution in [3.8, 4) is 0 Å². The van der Waals surface area contributed by atoms with Crippen molar-refractivity contribution < 1.29 is 0 Å². The van der Waals surface area contributed by atoms with Crippen molar-refractivity contribution in [1.82, 2.24) is 0 Å². The lowest BCUT2D eigenvalue weighted by Gasteiger charge is -2.11. The SMILES string of the molecule is Nc1cc(I)ccc1Nc1ccc(Cl)cc1I. The average Bonchev–Trinajstić information content (AvgIpc) is 2.25. The van der Waals surface area contributed by atoms with Crippen LogP contribution in [0.4, 0.5) is 17.1 Å². The van der Waals surface area contributed by atoms with Crippen molar-refractivity contribution in [3.05, 3.63) is 48.6 Å². The highest BCUT2D eigenvalue weighted by molar-refractivity contribution is 14.1. The van der Waals surface area contributed by atoms with Gasteiger partial charge in [-0.15, -0.1) is 0 Å². The van der Waals surface area contributed by atoms with Gasteiger partial charge in [0.15, 0.2) is 0 Å². The van der Waals surface area contributed by atoms with Gasteiger partial charge in [-0.05, 0) is 81.6 Å². The van der Waals surface area contributed by atoms with Crippen molar-refractivity contribution >= 4 is 73.8 Å². The molecule has 0 fully saturated rings. The maximum Gasteiger partial charge on any atom is 0.0618 e. The Morgan fingerprint density at radius 3 is 2.35 bits per heavy atom. The molecule has 0 atom stereocenters. The van der Waals surface area contributed by atoms with Gasteiger partial charge in [0, 0.05) is 12.2 Å². The number of nitrogens with one attached hydrogen (secondary N) is 1. The van der Waals surface area contributed by atoms with Gasteiger partial charge in [0.25, 0.3) is 0 Å². The highest BCUT2D eigenvalue weighted by Crippen LogP contribution is 2.29. The van der Waals surface area contributed by atoms with Gasteiger partial charge in [-0.3, -0.25) is 0 Å². The summed E-state index contributed by atoms with van der Waals surface area (Å²) in [6.45, 7) is 0. The summed E-state index contributed by atoms with van der Waals surface area (Å²) >= 11 is 10.4. The molecular formula is C12H9ClI2N2. The maximum absolute atomic E-state index is 5.95. The van der Waals surface area contributed by atoms with Crippen LogP contribution < -0.4 is 11.1 Å². The summed E-state index contributed by atoms with van der Waals surface area (Å²) in [5.74, 6) is 0. The van der Waals surface area contributed by atoms with Crippen molar-refractivity contribution in [2.75, 3.05) is 11.1 Å². The summed E-state index contributed by atoms with van der Waals surface area (Å²) in [7, 11) is 0. The second kappa shape index (κ2) is 5.62. The van der Waals surface area contributed by atoms with E-state index < -0.39 is 0 Å². The highest BCUT2D eigenvalue weighted by atomic mass is 127. The molecule has 17 heavy (non-hydrogen) atoms. The topological polar surface area (TPSA) is 38.0 Å². The number of hydrogen-bond donors (Lipinski definition) is 2. The molecule has 0 aromatic heterocycles. The Labute approximate surface area is 132 Å². The molecule has 0 heterocycles. The van der Waals surface area contributed by atoms with Crippen LogP contribution in [0.25, 0.3) is 0 Å². The largest absolute Gasteiger partial charge is 0.397 e. The minimum absolute atomic E-state index is 0.732. The molecule has 0 radical (unpaired) electrons. The minimum atomic E-state index is 0.732. The van der Waals surface area contributed by atoms with E-state index >= 15 is 0 Å². The Morgan fingerprint density at radius 2 is 1.71 bits per heavy atom. The molecule has 0 spiro atoms. The standard InChI is InChI=1S/C12H9ClI2N2/c13-7-1-3-11(9(15)5-7)17-12-4-2-8(14)6-10(12)16/h1-6,17H,16H2. The molecule has 0 amide bonds. The van der Waals surface area contributed by atoms with Crippen molar-refractivity contribution in [2.45, 2.75) is 0 Å². The molecule has 0 saturated carbocycles. The Morgan fingerprint density at radius 1 is 1.00 bits per heavy atom. The van der Waals surface area contributed by atoms with Gasteiger partial charge < -0.3 is 11.1 Å².